The highest BCUT2D eigenvalue weighted by Gasteiger charge is 2.14. The zero-order valence-corrected chi connectivity index (χ0v) is 13.8. The molecule has 0 radical (unpaired) electrons. The van der Waals surface area contributed by atoms with E-state index in [4.69, 9.17) is 6.57 Å². The predicted octanol–water partition coefficient (Wildman–Crippen LogP) is 4.57. The average Bonchev–Trinajstić information content (AvgIpc) is 2.59. The first kappa shape index (κ1) is 17.2. The summed E-state index contributed by atoms with van der Waals surface area (Å²) in [6, 6.07) is 18.0. The van der Waals surface area contributed by atoms with Gasteiger partial charge in [0.1, 0.15) is 0 Å². The van der Waals surface area contributed by atoms with Crippen LogP contribution in [-0.4, -0.2) is 22.6 Å². The molecule has 120 valence electrons. The van der Waals surface area contributed by atoms with E-state index in [1.807, 2.05) is 18.2 Å². The second kappa shape index (κ2) is 8.47. The molecule has 0 amide bonds. The molecule has 0 spiro atoms. The molecule has 0 saturated heterocycles. The Morgan fingerprint density at radius 3 is 2.26 bits per heavy atom. The van der Waals surface area contributed by atoms with Crippen LogP contribution in [0.2, 0.25) is 0 Å². The highest BCUT2D eigenvalue weighted by Crippen LogP contribution is 2.21. The maximum Gasteiger partial charge on any atom is 0.187 e. The van der Waals surface area contributed by atoms with Crippen LogP contribution >= 0.6 is 0 Å². The third-order valence-electron chi connectivity index (χ3n) is 4.06. The largest absolute Gasteiger partial charge is 0.388 e. The van der Waals surface area contributed by atoms with Crippen molar-refractivity contribution in [3.63, 3.8) is 0 Å². The molecule has 2 aromatic carbocycles. The van der Waals surface area contributed by atoms with Crippen molar-refractivity contribution in [2.24, 2.45) is 0 Å². The van der Waals surface area contributed by atoms with E-state index in [9.17, 15) is 5.11 Å². The van der Waals surface area contributed by atoms with Gasteiger partial charge in [-0.3, -0.25) is 4.90 Å². The maximum atomic E-state index is 10.4. The van der Waals surface area contributed by atoms with Crippen molar-refractivity contribution in [1.82, 2.24) is 4.90 Å². The molecule has 0 heterocycles. The van der Waals surface area contributed by atoms with Crippen molar-refractivity contribution < 1.29 is 5.11 Å². The van der Waals surface area contributed by atoms with Gasteiger partial charge in [-0.25, -0.2) is 4.85 Å². The smallest absolute Gasteiger partial charge is 0.187 e. The van der Waals surface area contributed by atoms with Crippen molar-refractivity contribution in [3.05, 3.63) is 77.1 Å². The topological polar surface area (TPSA) is 27.8 Å². The Labute approximate surface area is 139 Å². The zero-order chi connectivity index (χ0) is 16.7. The van der Waals surface area contributed by atoms with Crippen molar-refractivity contribution in [1.29, 1.82) is 0 Å². The predicted molar refractivity (Wildman–Crippen MR) is 94.3 cm³/mol. The molecule has 0 bridgehead atoms. The minimum Gasteiger partial charge on any atom is -0.388 e. The van der Waals surface area contributed by atoms with Crippen molar-refractivity contribution >= 4 is 5.69 Å². The van der Waals surface area contributed by atoms with Crippen LogP contribution in [0.3, 0.4) is 0 Å². The first-order valence-corrected chi connectivity index (χ1v) is 8.03. The van der Waals surface area contributed by atoms with Crippen LogP contribution in [0, 0.1) is 6.57 Å². The average molecular weight is 308 g/mol. The standard InChI is InChI=1S/C20H24N2O/c1-16(2)22(15-17-7-5-4-6-8-17)14-13-20(23)18-9-11-19(21-3)12-10-18/h4-12,16,20,23H,13-15H2,1-2H3. The quantitative estimate of drug-likeness (QED) is 0.759. The fourth-order valence-corrected chi connectivity index (χ4v) is 2.56. The van der Waals surface area contributed by atoms with Gasteiger partial charge in [0.2, 0.25) is 0 Å². The van der Waals surface area contributed by atoms with Crippen LogP contribution < -0.4 is 0 Å². The van der Waals surface area contributed by atoms with E-state index in [0.29, 0.717) is 18.2 Å². The molecule has 0 aliphatic rings. The Kier molecular flexibility index (Phi) is 6.34. The summed E-state index contributed by atoms with van der Waals surface area (Å²) in [7, 11) is 0. The molecule has 1 atom stereocenters. The molecule has 2 rings (SSSR count). The molecule has 1 unspecified atom stereocenters. The number of aliphatic hydroxyl groups excluding tert-OH is 1. The van der Waals surface area contributed by atoms with Gasteiger partial charge in [0, 0.05) is 19.1 Å². The van der Waals surface area contributed by atoms with Gasteiger partial charge in [-0.1, -0.05) is 54.6 Å². The summed E-state index contributed by atoms with van der Waals surface area (Å²) in [5.74, 6) is 0. The fourth-order valence-electron chi connectivity index (χ4n) is 2.56. The zero-order valence-electron chi connectivity index (χ0n) is 13.8. The van der Waals surface area contributed by atoms with Gasteiger partial charge in [-0.2, -0.15) is 0 Å². The monoisotopic (exact) mass is 308 g/mol. The van der Waals surface area contributed by atoms with E-state index in [-0.39, 0.29) is 0 Å². The first-order chi connectivity index (χ1) is 11.1. The van der Waals surface area contributed by atoms with Gasteiger partial charge in [-0.05, 0) is 31.4 Å². The molecule has 0 saturated carbocycles. The molecular weight excluding hydrogens is 284 g/mol. The third kappa shape index (κ3) is 5.21. The van der Waals surface area contributed by atoms with Crippen LogP contribution in [0.15, 0.2) is 54.6 Å². The second-order valence-corrected chi connectivity index (χ2v) is 6.06. The molecule has 3 nitrogen and oxygen atoms in total. The molecule has 0 fully saturated rings. The highest BCUT2D eigenvalue weighted by molar-refractivity contribution is 5.45. The van der Waals surface area contributed by atoms with Crippen LogP contribution in [0.1, 0.15) is 37.5 Å². The number of hydrogen-bond acceptors (Lipinski definition) is 2. The molecule has 1 N–H and O–H groups in total. The number of nitrogens with zero attached hydrogens (tertiary/aromatic N) is 2. The first-order valence-electron chi connectivity index (χ1n) is 8.03. The fraction of sp³-hybridized carbons (Fsp3) is 0.350. The Morgan fingerprint density at radius 1 is 1.04 bits per heavy atom. The number of aliphatic hydroxyl groups is 1. The van der Waals surface area contributed by atoms with E-state index in [2.05, 4.69) is 47.9 Å². The van der Waals surface area contributed by atoms with Crippen LogP contribution in [0.5, 0.6) is 0 Å². The van der Waals surface area contributed by atoms with Crippen molar-refractivity contribution in [3.8, 4) is 0 Å². The van der Waals surface area contributed by atoms with Gasteiger partial charge in [0.05, 0.1) is 12.7 Å². The Balaban J connectivity index is 1.93. The molecular formula is C20H24N2O. The Morgan fingerprint density at radius 2 is 1.70 bits per heavy atom. The summed E-state index contributed by atoms with van der Waals surface area (Å²) >= 11 is 0. The molecule has 2 aromatic rings. The van der Waals surface area contributed by atoms with E-state index in [1.54, 1.807) is 12.1 Å². The molecule has 0 aromatic heterocycles. The summed E-state index contributed by atoms with van der Waals surface area (Å²) in [6.07, 6.45) is 0.189. The molecule has 3 heteroatoms. The molecule has 0 aliphatic carbocycles. The number of hydrogen-bond donors (Lipinski definition) is 1. The van der Waals surface area contributed by atoms with Gasteiger partial charge >= 0.3 is 0 Å². The van der Waals surface area contributed by atoms with E-state index >= 15 is 0 Å². The SMILES string of the molecule is [C-]#[N+]c1ccc(C(O)CCN(Cc2ccccc2)C(C)C)cc1. The summed E-state index contributed by atoms with van der Waals surface area (Å²) in [5, 5.41) is 10.4. The van der Waals surface area contributed by atoms with Crippen molar-refractivity contribution in [2.75, 3.05) is 6.54 Å². The summed E-state index contributed by atoms with van der Waals surface area (Å²) < 4.78 is 0. The highest BCUT2D eigenvalue weighted by atomic mass is 16.3. The van der Waals surface area contributed by atoms with Crippen LogP contribution in [0.25, 0.3) is 4.85 Å². The second-order valence-electron chi connectivity index (χ2n) is 6.06. The van der Waals surface area contributed by atoms with E-state index in [0.717, 1.165) is 18.7 Å². The minimum atomic E-state index is -0.494. The maximum absolute atomic E-state index is 10.4. The Bertz CT molecular complexity index is 629. The molecule has 0 aliphatic heterocycles. The van der Waals surface area contributed by atoms with Gasteiger partial charge < -0.3 is 5.11 Å². The summed E-state index contributed by atoms with van der Waals surface area (Å²) in [6.45, 7) is 13.1. The summed E-state index contributed by atoms with van der Waals surface area (Å²) in [4.78, 5) is 5.74. The van der Waals surface area contributed by atoms with Crippen molar-refractivity contribution in [2.45, 2.75) is 39.0 Å². The normalized spacial score (nSPS) is 12.3. The Hall–Kier alpha value is -2.15. The third-order valence-corrected chi connectivity index (χ3v) is 4.06. The van der Waals surface area contributed by atoms with Gasteiger partial charge in [-0.15, -0.1) is 0 Å². The lowest BCUT2D eigenvalue weighted by molar-refractivity contribution is 0.127. The summed E-state index contributed by atoms with van der Waals surface area (Å²) in [5.41, 5.74) is 2.77. The van der Waals surface area contributed by atoms with Gasteiger partial charge in [0.15, 0.2) is 5.69 Å². The lowest BCUT2D eigenvalue weighted by Crippen LogP contribution is -2.32. The van der Waals surface area contributed by atoms with E-state index in [1.165, 1.54) is 5.56 Å². The van der Waals surface area contributed by atoms with Crippen LogP contribution in [0.4, 0.5) is 5.69 Å². The number of benzene rings is 2. The van der Waals surface area contributed by atoms with E-state index < -0.39 is 6.10 Å². The molecule has 23 heavy (non-hydrogen) atoms. The minimum absolute atomic E-state index is 0.423. The number of rotatable bonds is 7. The van der Waals surface area contributed by atoms with Gasteiger partial charge in [0.25, 0.3) is 0 Å². The van der Waals surface area contributed by atoms with Crippen LogP contribution in [-0.2, 0) is 6.54 Å². The lowest BCUT2D eigenvalue weighted by Gasteiger charge is -2.27. The lowest BCUT2D eigenvalue weighted by atomic mass is 10.1.